The molecule has 4 rings (SSSR count). The van der Waals surface area contributed by atoms with Gasteiger partial charge in [-0.05, 0) is 62.6 Å². The highest BCUT2D eigenvalue weighted by Gasteiger charge is 2.39. The van der Waals surface area contributed by atoms with Crippen molar-refractivity contribution in [3.05, 3.63) is 108 Å². The lowest BCUT2D eigenvalue weighted by atomic mass is 9.91. The van der Waals surface area contributed by atoms with Gasteiger partial charge >= 0.3 is 0 Å². The smallest absolute Gasteiger partial charge is 0.246 e. The summed E-state index contributed by atoms with van der Waals surface area (Å²) in [5, 5.41) is 37.1. The molecule has 1 saturated heterocycles. The highest BCUT2D eigenvalue weighted by atomic mass is 16.3. The molecule has 1 aliphatic rings. The van der Waals surface area contributed by atoms with Crippen molar-refractivity contribution in [1.82, 2.24) is 63.4 Å². The van der Waals surface area contributed by atoms with E-state index in [-0.39, 0.29) is 44.6 Å². The van der Waals surface area contributed by atoms with E-state index in [1.807, 2.05) is 13.8 Å². The number of rotatable bonds is 17. The highest BCUT2D eigenvalue weighted by molar-refractivity contribution is 5.99. The van der Waals surface area contributed by atoms with Crippen molar-refractivity contribution in [2.45, 2.75) is 141 Å². The molecule has 474 valence electrons. The summed E-state index contributed by atoms with van der Waals surface area (Å²) in [6.07, 6.45) is 0.371. The summed E-state index contributed by atoms with van der Waals surface area (Å²) in [4.78, 5) is 169. The summed E-state index contributed by atoms with van der Waals surface area (Å²) in [6, 6.07) is 17.8. The molecule has 14 N–H and O–H groups in total. The van der Waals surface area contributed by atoms with Gasteiger partial charge in [0.25, 0.3) is 0 Å². The first kappa shape index (κ1) is 72.0. The molecule has 0 aromatic heterocycles. The van der Waals surface area contributed by atoms with Crippen LogP contribution >= 0.6 is 0 Å². The molecule has 27 nitrogen and oxygen atoms in total. The average molecular weight is 1210 g/mol. The quantitative estimate of drug-likeness (QED) is 0.0618. The number of nitrogens with one attached hydrogen (secondary N) is 11. The van der Waals surface area contributed by atoms with Gasteiger partial charge in [0, 0.05) is 39.3 Å². The van der Waals surface area contributed by atoms with Crippen LogP contribution in [0.3, 0.4) is 0 Å². The molecule has 3 aromatic rings. The van der Waals surface area contributed by atoms with Crippen molar-refractivity contribution in [3.8, 4) is 0 Å². The van der Waals surface area contributed by atoms with Crippen molar-refractivity contribution < 1.29 is 67.4 Å². The number of nitrogens with two attached hydrogens (primary N) is 1. The Morgan fingerprint density at radius 2 is 1.25 bits per heavy atom. The molecule has 13 amide bonds. The number of carbonyl (C=O) groups is 13. The fourth-order valence-corrected chi connectivity index (χ4v) is 8.81. The Balaban J connectivity index is 0.000000945. The van der Waals surface area contributed by atoms with Gasteiger partial charge in [-0.15, -0.1) is 0 Å². The standard InChI is InChI=1S/C51H69N9O9.C9H16N4O5/c1-31(2)26-38-46(65)54-33(5)44(63)58-43(32(3)4)48(67)57-39(27-35-18-12-9-13-19-35)45(64)52-25-24-41(61)59-51(7,29-37-22-16-11-17-23-37)50(69)55-34(6)49(68)60(8)40(28-36-20-14-10-15-21-36)47(66)53-30-42(62)56-38;1-5(12-4-15)8(17)13-6(3-14)9(18)11-2-7(10)16/h9-23,31-34,38-40,43H,24-30H2,1-8H3,(H,52,64)(H,53,66)(H,54,65)(H,55,69)(H,56,62)(H,57,67)(H,58,63)(H,59,61);4-6,14H,2-3H2,1H3,(H2,10,16)(H,11,18)(H,12,15)(H,13,17)/t33-,34-,38-,39-,40-,43-,51-;/m0./s1. The number of amides is 13. The second-order valence-electron chi connectivity index (χ2n) is 22.0. The third-order valence-electron chi connectivity index (χ3n) is 13.7. The second-order valence-corrected chi connectivity index (χ2v) is 22.0. The third kappa shape index (κ3) is 24.7. The van der Waals surface area contributed by atoms with Crippen molar-refractivity contribution in [2.75, 3.05) is 33.3 Å². The second kappa shape index (κ2) is 35.9. The molecular weight excluding hydrogens is 1130 g/mol. The van der Waals surface area contributed by atoms with E-state index < -0.39 is 150 Å². The van der Waals surface area contributed by atoms with E-state index in [0.717, 1.165) is 5.56 Å². The molecule has 0 saturated carbocycles. The van der Waals surface area contributed by atoms with Crippen LogP contribution in [-0.4, -0.2) is 174 Å². The van der Waals surface area contributed by atoms with E-state index in [1.54, 1.807) is 105 Å². The largest absolute Gasteiger partial charge is 0.394 e. The van der Waals surface area contributed by atoms with Crippen molar-refractivity contribution >= 4 is 77.3 Å². The predicted octanol–water partition coefficient (Wildman–Crippen LogP) is -2.58. The van der Waals surface area contributed by atoms with Gasteiger partial charge in [-0.3, -0.25) is 62.3 Å². The number of benzene rings is 3. The number of aliphatic hydroxyl groups excluding tert-OH is 1. The van der Waals surface area contributed by atoms with E-state index >= 15 is 0 Å². The SMILES string of the molecule is CC(C)C[C@@H]1NC(=O)CNC(=O)[C@H](Cc2ccccc2)N(C)C(=O)[C@H](C)NC(=O)[C@](C)(Cc2ccccc2)NC(=O)CCNC(=O)[C@H](Cc2ccccc2)NC(=O)[C@H](C(C)C)NC(=O)[C@H](C)NC1=O.CC(NC=O)C(=O)NC(CO)C(=O)NCC(N)=O. The zero-order chi connectivity index (χ0) is 65.0. The van der Waals surface area contributed by atoms with Gasteiger partial charge in [0.1, 0.15) is 53.9 Å². The molecule has 0 radical (unpaired) electrons. The Morgan fingerprint density at radius 1 is 0.678 bits per heavy atom. The normalized spacial score (nSPS) is 22.4. The maximum absolute atomic E-state index is 14.3. The van der Waals surface area contributed by atoms with Gasteiger partial charge < -0.3 is 74.2 Å². The van der Waals surface area contributed by atoms with Gasteiger partial charge in [0.2, 0.25) is 77.3 Å². The van der Waals surface area contributed by atoms with Crippen LogP contribution in [-0.2, 0) is 81.6 Å². The van der Waals surface area contributed by atoms with Crippen molar-refractivity contribution in [2.24, 2.45) is 17.6 Å². The molecule has 2 unspecified atom stereocenters. The summed E-state index contributed by atoms with van der Waals surface area (Å²) in [5.74, 6) is -8.69. The first-order valence-electron chi connectivity index (χ1n) is 28.5. The van der Waals surface area contributed by atoms with Crippen LogP contribution in [0.1, 0.15) is 84.9 Å². The Morgan fingerprint density at radius 3 is 1.79 bits per heavy atom. The van der Waals surface area contributed by atoms with E-state index in [0.29, 0.717) is 17.5 Å². The predicted molar refractivity (Wildman–Crippen MR) is 319 cm³/mol. The first-order valence-corrected chi connectivity index (χ1v) is 28.5. The van der Waals surface area contributed by atoms with E-state index in [1.165, 1.54) is 39.6 Å². The lowest BCUT2D eigenvalue weighted by Gasteiger charge is -2.33. The maximum Gasteiger partial charge on any atom is 0.246 e. The average Bonchev–Trinajstić information content (AvgIpc) is 3.59. The summed E-state index contributed by atoms with van der Waals surface area (Å²) < 4.78 is 0. The van der Waals surface area contributed by atoms with Crippen LogP contribution in [0, 0.1) is 11.8 Å². The zero-order valence-corrected chi connectivity index (χ0v) is 50.7. The molecule has 0 spiro atoms. The van der Waals surface area contributed by atoms with Gasteiger partial charge in [0.15, 0.2) is 0 Å². The Bertz CT molecular complexity index is 2850. The summed E-state index contributed by atoms with van der Waals surface area (Å²) in [7, 11) is 1.41. The van der Waals surface area contributed by atoms with Crippen molar-refractivity contribution in [1.29, 1.82) is 0 Å². The number of likely N-dealkylation sites (N-methyl/N-ethyl adjacent to an activating group) is 1. The third-order valence-corrected chi connectivity index (χ3v) is 13.7. The fourth-order valence-electron chi connectivity index (χ4n) is 8.81. The molecule has 0 bridgehead atoms. The van der Waals surface area contributed by atoms with Crippen LogP contribution in [0.15, 0.2) is 91.0 Å². The highest BCUT2D eigenvalue weighted by Crippen LogP contribution is 2.17. The van der Waals surface area contributed by atoms with Crippen LogP contribution in [0.2, 0.25) is 0 Å². The number of aliphatic hydroxyl groups is 1. The maximum atomic E-state index is 14.3. The minimum absolute atomic E-state index is 0.0207. The molecule has 27 heteroatoms. The van der Waals surface area contributed by atoms with E-state index in [4.69, 9.17) is 10.8 Å². The molecule has 87 heavy (non-hydrogen) atoms. The molecule has 3 aromatic carbocycles. The van der Waals surface area contributed by atoms with Crippen LogP contribution in [0.25, 0.3) is 0 Å². The molecule has 1 fully saturated rings. The first-order chi connectivity index (χ1) is 41.1. The van der Waals surface area contributed by atoms with Crippen LogP contribution in [0.4, 0.5) is 0 Å². The Hall–Kier alpha value is -9.27. The van der Waals surface area contributed by atoms with E-state index in [9.17, 15) is 62.3 Å². The van der Waals surface area contributed by atoms with Gasteiger partial charge in [-0.25, -0.2) is 0 Å². The van der Waals surface area contributed by atoms with Crippen LogP contribution in [0.5, 0.6) is 0 Å². The lowest BCUT2D eigenvalue weighted by molar-refractivity contribution is -0.142. The number of hydrogen-bond donors (Lipinski definition) is 13. The topological polar surface area (TPSA) is 404 Å². The number of primary amides is 1. The lowest BCUT2D eigenvalue weighted by Crippen LogP contribution is -2.62. The van der Waals surface area contributed by atoms with E-state index in [2.05, 4.69) is 58.5 Å². The summed E-state index contributed by atoms with van der Waals surface area (Å²) >= 11 is 0. The number of carbonyl (C=O) groups excluding carboxylic acids is 13. The Labute approximate surface area is 506 Å². The van der Waals surface area contributed by atoms with Gasteiger partial charge in [-0.2, -0.15) is 0 Å². The van der Waals surface area contributed by atoms with Gasteiger partial charge in [0.05, 0.1) is 19.7 Å². The zero-order valence-electron chi connectivity index (χ0n) is 50.7. The number of nitrogens with zero attached hydrogens (tertiary/aromatic N) is 1. The van der Waals surface area contributed by atoms with Crippen molar-refractivity contribution in [3.63, 3.8) is 0 Å². The molecular formula is C60H85N13O14. The Kier molecular flexibility index (Phi) is 29.7. The minimum atomic E-state index is -1.62. The molecule has 1 heterocycles. The minimum Gasteiger partial charge on any atom is -0.394 e. The summed E-state index contributed by atoms with van der Waals surface area (Å²) in [5.41, 5.74) is 5.34. The molecule has 1 aliphatic heterocycles. The molecule has 9 atom stereocenters. The number of hydrogen-bond acceptors (Lipinski definition) is 14. The van der Waals surface area contributed by atoms with Gasteiger partial charge in [-0.1, -0.05) is 119 Å². The monoisotopic (exact) mass is 1210 g/mol. The summed E-state index contributed by atoms with van der Waals surface area (Å²) in [6.45, 7) is 11.1. The fraction of sp³-hybridized carbons (Fsp3) is 0.483. The van der Waals surface area contributed by atoms with Crippen LogP contribution < -0.4 is 64.2 Å². The molecule has 0 aliphatic carbocycles.